The molecule has 0 spiro atoms. The van der Waals surface area contributed by atoms with E-state index in [-0.39, 0.29) is 17.1 Å². The molecule has 4 rings (SSSR count). The minimum absolute atomic E-state index is 0.182. The van der Waals surface area contributed by atoms with Crippen LogP contribution in [0.15, 0.2) is 41.3 Å². The molecule has 4 aromatic rings. The van der Waals surface area contributed by atoms with Gasteiger partial charge in [0.15, 0.2) is 5.82 Å². The van der Waals surface area contributed by atoms with Crippen molar-refractivity contribution in [2.45, 2.75) is 13.8 Å². The molecule has 3 aromatic heterocycles. The van der Waals surface area contributed by atoms with Gasteiger partial charge in [-0.05, 0) is 44.2 Å². The lowest BCUT2D eigenvalue weighted by atomic mass is 10.0. The number of fused-ring (bicyclic) bond motifs is 1. The zero-order valence-corrected chi connectivity index (χ0v) is 16.6. The molecule has 0 saturated carbocycles. The van der Waals surface area contributed by atoms with E-state index in [0.29, 0.717) is 33.0 Å². The van der Waals surface area contributed by atoms with E-state index >= 15 is 0 Å². The summed E-state index contributed by atoms with van der Waals surface area (Å²) in [5, 5.41) is 8.39. The molecule has 0 aliphatic carbocycles. The smallest absolute Gasteiger partial charge is 0.340 e. The number of carbonyl (C=O) groups excluding carboxylic acids is 1. The molecule has 29 heavy (non-hydrogen) atoms. The molecule has 8 nitrogen and oxygen atoms in total. The number of carbonyl (C=O) groups is 1. The predicted octanol–water partition coefficient (Wildman–Crippen LogP) is 3.23. The van der Waals surface area contributed by atoms with Crippen LogP contribution >= 0.6 is 11.6 Å². The first-order valence-corrected chi connectivity index (χ1v) is 9.08. The van der Waals surface area contributed by atoms with Crippen molar-refractivity contribution in [3.63, 3.8) is 0 Å². The number of H-pyrrole nitrogens is 1. The van der Waals surface area contributed by atoms with Gasteiger partial charge in [-0.1, -0.05) is 11.6 Å². The first-order chi connectivity index (χ1) is 13.9. The average molecular weight is 410 g/mol. The maximum absolute atomic E-state index is 13.2. The van der Waals surface area contributed by atoms with Gasteiger partial charge in [0.25, 0.3) is 11.5 Å². The molecule has 146 valence electrons. The summed E-state index contributed by atoms with van der Waals surface area (Å²) in [7, 11) is 1.29. The Balaban J connectivity index is 1.88. The molecule has 1 aromatic carbocycles. The van der Waals surface area contributed by atoms with Crippen LogP contribution < -0.4 is 5.56 Å². The van der Waals surface area contributed by atoms with Crippen LogP contribution in [0, 0.1) is 13.8 Å². The minimum atomic E-state index is -0.542. The second-order valence-corrected chi connectivity index (χ2v) is 6.86. The van der Waals surface area contributed by atoms with Gasteiger partial charge in [-0.25, -0.2) is 4.79 Å². The number of hydrogen-bond donors (Lipinski definition) is 1. The largest absolute Gasteiger partial charge is 0.465 e. The zero-order valence-electron chi connectivity index (χ0n) is 15.9. The standard InChI is InChI=1S/C20H16ClN5O3/c1-10-15-14(16(11(2)22-10)19(28)29-3)8-9-26(18(15)27)20-23-17(24-25-20)12-4-6-13(21)7-5-12/h4-9H,1-3H3,(H,23,24,25). The number of ether oxygens (including phenoxy) is 1. The second-order valence-electron chi connectivity index (χ2n) is 6.42. The van der Waals surface area contributed by atoms with Crippen LogP contribution in [-0.4, -0.2) is 37.8 Å². The van der Waals surface area contributed by atoms with E-state index in [1.54, 1.807) is 44.2 Å². The van der Waals surface area contributed by atoms with Gasteiger partial charge in [0.2, 0.25) is 0 Å². The number of esters is 1. The lowest BCUT2D eigenvalue weighted by molar-refractivity contribution is 0.0601. The van der Waals surface area contributed by atoms with E-state index in [0.717, 1.165) is 5.56 Å². The van der Waals surface area contributed by atoms with Gasteiger partial charge in [0.1, 0.15) is 0 Å². The maximum atomic E-state index is 13.2. The molecule has 0 aliphatic rings. The van der Waals surface area contributed by atoms with Crippen LogP contribution in [0.3, 0.4) is 0 Å². The van der Waals surface area contributed by atoms with Gasteiger partial charge in [-0.2, -0.15) is 4.98 Å². The zero-order chi connectivity index (χ0) is 20.7. The third kappa shape index (κ3) is 3.17. The molecule has 0 fully saturated rings. The van der Waals surface area contributed by atoms with Crippen LogP contribution in [0.4, 0.5) is 0 Å². The predicted molar refractivity (Wildman–Crippen MR) is 109 cm³/mol. The van der Waals surface area contributed by atoms with E-state index in [9.17, 15) is 9.59 Å². The lowest BCUT2D eigenvalue weighted by Gasteiger charge is -2.11. The summed E-state index contributed by atoms with van der Waals surface area (Å²) >= 11 is 5.92. The van der Waals surface area contributed by atoms with E-state index in [4.69, 9.17) is 16.3 Å². The van der Waals surface area contributed by atoms with Gasteiger partial charge in [0, 0.05) is 22.2 Å². The summed E-state index contributed by atoms with van der Waals surface area (Å²) in [5.41, 5.74) is 1.69. The quantitative estimate of drug-likeness (QED) is 0.521. The minimum Gasteiger partial charge on any atom is -0.465 e. The molecule has 9 heteroatoms. The van der Waals surface area contributed by atoms with Gasteiger partial charge < -0.3 is 4.74 Å². The van der Waals surface area contributed by atoms with E-state index in [1.807, 2.05) is 0 Å². The van der Waals surface area contributed by atoms with Crippen molar-refractivity contribution in [1.82, 2.24) is 24.7 Å². The van der Waals surface area contributed by atoms with Crippen LogP contribution in [0.25, 0.3) is 28.1 Å². The Hall–Kier alpha value is -3.52. The lowest BCUT2D eigenvalue weighted by Crippen LogP contribution is -2.21. The topological polar surface area (TPSA) is 103 Å². The van der Waals surface area contributed by atoms with Crippen molar-refractivity contribution in [3.05, 3.63) is 68.9 Å². The summed E-state index contributed by atoms with van der Waals surface area (Å²) in [4.78, 5) is 34.1. The molecule has 0 bridgehead atoms. The number of methoxy groups -OCH3 is 1. The van der Waals surface area contributed by atoms with Crippen molar-refractivity contribution >= 4 is 28.3 Å². The number of aromatic amines is 1. The summed E-state index contributed by atoms with van der Waals surface area (Å²) < 4.78 is 6.16. The number of halogens is 1. The highest BCUT2D eigenvalue weighted by molar-refractivity contribution is 6.30. The number of rotatable bonds is 3. The Bertz CT molecular complexity index is 1310. The van der Waals surface area contributed by atoms with Gasteiger partial charge in [0.05, 0.1) is 29.4 Å². The third-order valence-electron chi connectivity index (χ3n) is 4.62. The number of aryl methyl sites for hydroxylation is 2. The Labute approximate surface area is 170 Å². The molecule has 0 amide bonds. The normalized spacial score (nSPS) is 11.0. The molecular formula is C20H16ClN5O3. The van der Waals surface area contributed by atoms with Gasteiger partial charge in [-0.3, -0.25) is 19.4 Å². The molecular weight excluding hydrogens is 394 g/mol. The fraction of sp³-hybridized carbons (Fsp3) is 0.150. The monoisotopic (exact) mass is 409 g/mol. The maximum Gasteiger partial charge on any atom is 0.340 e. The van der Waals surface area contributed by atoms with Crippen molar-refractivity contribution < 1.29 is 9.53 Å². The van der Waals surface area contributed by atoms with E-state index in [2.05, 4.69) is 20.2 Å². The summed E-state index contributed by atoms with van der Waals surface area (Å²) in [6, 6.07) is 8.76. The molecule has 0 aliphatic heterocycles. The van der Waals surface area contributed by atoms with Crippen LogP contribution in [0.2, 0.25) is 5.02 Å². The Morgan fingerprint density at radius 3 is 2.52 bits per heavy atom. The van der Waals surface area contributed by atoms with Crippen molar-refractivity contribution in [3.8, 4) is 17.3 Å². The number of aromatic nitrogens is 5. The highest BCUT2D eigenvalue weighted by Crippen LogP contribution is 2.23. The number of pyridine rings is 2. The molecule has 0 unspecified atom stereocenters. The Morgan fingerprint density at radius 2 is 1.83 bits per heavy atom. The van der Waals surface area contributed by atoms with Crippen molar-refractivity contribution in [1.29, 1.82) is 0 Å². The average Bonchev–Trinajstić information content (AvgIpc) is 3.18. The second kappa shape index (κ2) is 7.14. The molecule has 0 radical (unpaired) electrons. The number of nitrogens with zero attached hydrogens (tertiary/aromatic N) is 4. The SMILES string of the molecule is COC(=O)c1c(C)nc(C)c2c(=O)n(-c3n[nH]c(-c4ccc(Cl)cc4)n3)ccc12. The van der Waals surface area contributed by atoms with Crippen LogP contribution in [0.5, 0.6) is 0 Å². The number of benzene rings is 1. The highest BCUT2D eigenvalue weighted by Gasteiger charge is 2.20. The molecule has 3 heterocycles. The highest BCUT2D eigenvalue weighted by atomic mass is 35.5. The summed E-state index contributed by atoms with van der Waals surface area (Å²) in [5.74, 6) is 0.138. The summed E-state index contributed by atoms with van der Waals surface area (Å²) in [6.45, 7) is 3.43. The Morgan fingerprint density at radius 1 is 1.10 bits per heavy atom. The fourth-order valence-corrected chi connectivity index (χ4v) is 3.39. The molecule has 0 saturated heterocycles. The van der Waals surface area contributed by atoms with Gasteiger partial charge in [-0.15, -0.1) is 5.10 Å². The molecule has 1 N–H and O–H groups in total. The first kappa shape index (κ1) is 18.8. The summed E-state index contributed by atoms with van der Waals surface area (Å²) in [6.07, 6.45) is 1.53. The first-order valence-electron chi connectivity index (χ1n) is 8.70. The van der Waals surface area contributed by atoms with Crippen molar-refractivity contribution in [2.24, 2.45) is 0 Å². The third-order valence-corrected chi connectivity index (χ3v) is 4.87. The fourth-order valence-electron chi connectivity index (χ4n) is 3.27. The van der Waals surface area contributed by atoms with E-state index < -0.39 is 5.97 Å². The number of hydrogen-bond acceptors (Lipinski definition) is 6. The molecule has 0 atom stereocenters. The number of nitrogens with one attached hydrogen (secondary N) is 1. The van der Waals surface area contributed by atoms with E-state index in [1.165, 1.54) is 17.9 Å². The van der Waals surface area contributed by atoms with Crippen LogP contribution in [-0.2, 0) is 4.74 Å². The van der Waals surface area contributed by atoms with Gasteiger partial charge >= 0.3 is 5.97 Å². The Kier molecular flexibility index (Phi) is 4.63. The van der Waals surface area contributed by atoms with Crippen LogP contribution in [0.1, 0.15) is 21.7 Å². The van der Waals surface area contributed by atoms with Crippen molar-refractivity contribution in [2.75, 3.05) is 7.11 Å².